The van der Waals surface area contributed by atoms with Gasteiger partial charge in [-0.05, 0) is 26.0 Å². The molecule has 1 aromatic carbocycles. The molecule has 2 N–H and O–H groups in total. The van der Waals surface area contributed by atoms with Crippen LogP contribution in [0.25, 0.3) is 0 Å². The number of benzene rings is 1. The van der Waals surface area contributed by atoms with Gasteiger partial charge >= 0.3 is 5.97 Å². The highest BCUT2D eigenvalue weighted by Crippen LogP contribution is 2.15. The number of aryl methyl sites for hydroxylation is 2. The zero-order valence-corrected chi connectivity index (χ0v) is 11.7. The van der Waals surface area contributed by atoms with E-state index in [-0.39, 0.29) is 5.69 Å². The lowest BCUT2D eigenvalue weighted by atomic mass is 10.1. The molecule has 0 aliphatic rings. The molecule has 0 aliphatic carbocycles. The third-order valence-corrected chi connectivity index (χ3v) is 2.94. The first kappa shape index (κ1) is 14.6. The standard InChI is InChI=1S/C15H15N3O3/c1-9-8-16-12(10(2)17-9)13(15(20)21)18-14(19)11-6-4-3-5-7-11/h3-8,13H,1-2H3,(H,18,19)(H,20,21)/t13-/m0/s1. The maximum absolute atomic E-state index is 12.1. The molecule has 1 heterocycles. The molecule has 0 aliphatic heterocycles. The molecule has 2 rings (SSSR count). The lowest BCUT2D eigenvalue weighted by Gasteiger charge is -2.15. The molecule has 6 nitrogen and oxygen atoms in total. The fourth-order valence-electron chi connectivity index (χ4n) is 1.94. The smallest absolute Gasteiger partial charge is 0.332 e. The van der Waals surface area contributed by atoms with Crippen LogP contribution in [0.15, 0.2) is 36.5 Å². The molecule has 21 heavy (non-hydrogen) atoms. The predicted octanol–water partition coefficient (Wildman–Crippen LogP) is 1.65. The Morgan fingerprint density at radius 3 is 2.43 bits per heavy atom. The number of carbonyl (C=O) groups is 2. The van der Waals surface area contributed by atoms with Crippen LogP contribution in [0.5, 0.6) is 0 Å². The van der Waals surface area contributed by atoms with E-state index in [1.807, 2.05) is 0 Å². The fraction of sp³-hybridized carbons (Fsp3) is 0.200. The summed E-state index contributed by atoms with van der Waals surface area (Å²) in [6.45, 7) is 3.43. The molecule has 0 bridgehead atoms. The van der Waals surface area contributed by atoms with Crippen LogP contribution >= 0.6 is 0 Å². The van der Waals surface area contributed by atoms with Gasteiger partial charge in [-0.2, -0.15) is 0 Å². The van der Waals surface area contributed by atoms with Crippen molar-refractivity contribution in [1.82, 2.24) is 15.3 Å². The quantitative estimate of drug-likeness (QED) is 0.891. The molecule has 0 saturated heterocycles. The summed E-state index contributed by atoms with van der Waals surface area (Å²) in [5.41, 5.74) is 1.80. The van der Waals surface area contributed by atoms with E-state index in [2.05, 4.69) is 15.3 Å². The molecule has 1 atom stereocenters. The minimum absolute atomic E-state index is 0.234. The van der Waals surface area contributed by atoms with Crippen molar-refractivity contribution in [2.75, 3.05) is 0 Å². The molecule has 1 aromatic heterocycles. The summed E-state index contributed by atoms with van der Waals surface area (Å²) < 4.78 is 0. The lowest BCUT2D eigenvalue weighted by Crippen LogP contribution is -2.35. The third-order valence-electron chi connectivity index (χ3n) is 2.94. The number of rotatable bonds is 4. The van der Waals surface area contributed by atoms with Gasteiger partial charge in [-0.1, -0.05) is 18.2 Å². The highest BCUT2D eigenvalue weighted by Gasteiger charge is 2.26. The number of hydrogen-bond acceptors (Lipinski definition) is 4. The molecule has 0 spiro atoms. The van der Waals surface area contributed by atoms with Crippen LogP contribution in [0, 0.1) is 13.8 Å². The minimum atomic E-state index is -1.23. The largest absolute Gasteiger partial charge is 0.479 e. The number of carboxylic acids is 1. The highest BCUT2D eigenvalue weighted by atomic mass is 16.4. The number of carboxylic acid groups (broad SMARTS) is 1. The van der Waals surface area contributed by atoms with E-state index in [0.717, 1.165) is 0 Å². The van der Waals surface area contributed by atoms with Crippen LogP contribution in [-0.4, -0.2) is 27.0 Å². The van der Waals surface area contributed by atoms with Gasteiger partial charge in [0.25, 0.3) is 5.91 Å². The molecular formula is C15H15N3O3. The molecule has 0 fully saturated rings. The second-order valence-corrected chi connectivity index (χ2v) is 4.59. The summed E-state index contributed by atoms with van der Waals surface area (Å²) in [6.07, 6.45) is 1.48. The Bertz CT molecular complexity index is 671. The van der Waals surface area contributed by atoms with E-state index >= 15 is 0 Å². The van der Waals surface area contributed by atoms with Crippen molar-refractivity contribution in [3.8, 4) is 0 Å². The summed E-state index contributed by atoms with van der Waals surface area (Å²) in [4.78, 5) is 31.8. The number of carbonyl (C=O) groups excluding carboxylic acids is 1. The van der Waals surface area contributed by atoms with Crippen molar-refractivity contribution < 1.29 is 14.7 Å². The Balaban J connectivity index is 2.28. The van der Waals surface area contributed by atoms with E-state index in [1.165, 1.54) is 6.20 Å². The normalized spacial score (nSPS) is 11.7. The van der Waals surface area contributed by atoms with Gasteiger partial charge in [-0.3, -0.25) is 14.8 Å². The SMILES string of the molecule is Cc1cnc([C@H](NC(=O)c2ccccc2)C(=O)O)c(C)n1. The summed E-state index contributed by atoms with van der Waals surface area (Å²) >= 11 is 0. The van der Waals surface area contributed by atoms with E-state index in [1.54, 1.807) is 44.2 Å². The van der Waals surface area contributed by atoms with E-state index < -0.39 is 17.9 Å². The second kappa shape index (κ2) is 6.13. The molecule has 108 valence electrons. The van der Waals surface area contributed by atoms with Crippen molar-refractivity contribution in [2.45, 2.75) is 19.9 Å². The van der Waals surface area contributed by atoms with Crippen LogP contribution in [0.1, 0.15) is 33.5 Å². The topological polar surface area (TPSA) is 92.2 Å². The molecule has 0 saturated carbocycles. The highest BCUT2D eigenvalue weighted by molar-refractivity contribution is 5.96. The summed E-state index contributed by atoms with van der Waals surface area (Å²) in [5, 5.41) is 11.8. The first-order chi connectivity index (χ1) is 9.99. The van der Waals surface area contributed by atoms with Crippen molar-refractivity contribution >= 4 is 11.9 Å². The third kappa shape index (κ3) is 3.42. The second-order valence-electron chi connectivity index (χ2n) is 4.59. The number of hydrogen-bond donors (Lipinski definition) is 2. The monoisotopic (exact) mass is 285 g/mol. The first-order valence-corrected chi connectivity index (χ1v) is 6.38. The Kier molecular flexibility index (Phi) is 4.27. The van der Waals surface area contributed by atoms with Gasteiger partial charge < -0.3 is 10.4 Å². The number of nitrogens with one attached hydrogen (secondary N) is 1. The molecule has 2 aromatic rings. The van der Waals surface area contributed by atoms with Crippen molar-refractivity contribution in [3.63, 3.8) is 0 Å². The van der Waals surface area contributed by atoms with Gasteiger partial charge in [0.05, 0.1) is 17.1 Å². The number of aliphatic carboxylic acids is 1. The van der Waals surface area contributed by atoms with Crippen LogP contribution in [0.4, 0.5) is 0 Å². The number of amides is 1. The maximum atomic E-state index is 12.1. The number of nitrogens with zero attached hydrogens (tertiary/aromatic N) is 2. The molecular weight excluding hydrogens is 270 g/mol. The van der Waals surface area contributed by atoms with Crippen molar-refractivity contribution in [1.29, 1.82) is 0 Å². The summed E-state index contributed by atoms with van der Waals surface area (Å²) in [5.74, 6) is -1.65. The van der Waals surface area contributed by atoms with Crippen LogP contribution in [-0.2, 0) is 4.79 Å². The molecule has 1 amide bonds. The van der Waals surface area contributed by atoms with Crippen LogP contribution < -0.4 is 5.32 Å². The fourth-order valence-corrected chi connectivity index (χ4v) is 1.94. The van der Waals surface area contributed by atoms with Gasteiger partial charge in [-0.15, -0.1) is 0 Å². The van der Waals surface area contributed by atoms with Crippen molar-refractivity contribution in [3.05, 3.63) is 59.2 Å². The zero-order valence-electron chi connectivity index (χ0n) is 11.7. The average Bonchev–Trinajstić information content (AvgIpc) is 2.46. The maximum Gasteiger partial charge on any atom is 0.332 e. The van der Waals surface area contributed by atoms with E-state index in [4.69, 9.17) is 0 Å². The molecule has 6 heteroatoms. The van der Waals surface area contributed by atoms with Gasteiger partial charge in [-0.25, -0.2) is 4.79 Å². The van der Waals surface area contributed by atoms with Gasteiger partial charge in [0.2, 0.25) is 0 Å². The summed E-state index contributed by atoms with van der Waals surface area (Å²) in [6, 6.07) is 7.19. The Morgan fingerprint density at radius 1 is 1.19 bits per heavy atom. The zero-order chi connectivity index (χ0) is 15.4. The van der Waals surface area contributed by atoms with E-state index in [9.17, 15) is 14.7 Å². The Hall–Kier alpha value is -2.76. The first-order valence-electron chi connectivity index (χ1n) is 6.38. The van der Waals surface area contributed by atoms with Gasteiger partial charge in [0.1, 0.15) is 0 Å². The Morgan fingerprint density at radius 2 is 1.86 bits per heavy atom. The van der Waals surface area contributed by atoms with Gasteiger partial charge in [0.15, 0.2) is 6.04 Å². The Labute approximate surface area is 121 Å². The van der Waals surface area contributed by atoms with Crippen LogP contribution in [0.3, 0.4) is 0 Å². The molecule has 0 unspecified atom stereocenters. The lowest BCUT2D eigenvalue weighted by molar-refractivity contribution is -0.139. The average molecular weight is 285 g/mol. The van der Waals surface area contributed by atoms with Crippen LogP contribution in [0.2, 0.25) is 0 Å². The minimum Gasteiger partial charge on any atom is -0.479 e. The predicted molar refractivity (Wildman–Crippen MR) is 75.8 cm³/mol. The van der Waals surface area contributed by atoms with E-state index in [0.29, 0.717) is 17.0 Å². The molecule has 0 radical (unpaired) electrons. The van der Waals surface area contributed by atoms with Gasteiger partial charge in [0, 0.05) is 11.8 Å². The summed E-state index contributed by atoms with van der Waals surface area (Å²) in [7, 11) is 0. The van der Waals surface area contributed by atoms with Crippen molar-refractivity contribution in [2.24, 2.45) is 0 Å². The number of aromatic nitrogens is 2.